The monoisotopic (exact) mass is 268 g/mol. The third-order valence-electron chi connectivity index (χ3n) is 3.71. The van der Waals surface area contributed by atoms with Gasteiger partial charge >= 0.3 is 0 Å². The summed E-state index contributed by atoms with van der Waals surface area (Å²) in [6, 6.07) is 0.193. The van der Waals surface area contributed by atoms with E-state index < -0.39 is 0 Å². The van der Waals surface area contributed by atoms with Gasteiger partial charge < -0.3 is 15.6 Å². The van der Waals surface area contributed by atoms with Gasteiger partial charge in [-0.05, 0) is 6.42 Å². The standard InChI is InChI=1S/C13H24N4O2/c1-3-12(14)13(10-6-15-16(2)7-10)17-4-5-19-11(8-17)9-18/h6-7,11-13,18H,3-5,8-9,14H2,1-2H3. The number of aryl methyl sites for hydroxylation is 1. The van der Waals surface area contributed by atoms with Crippen molar-refractivity contribution in [3.63, 3.8) is 0 Å². The summed E-state index contributed by atoms with van der Waals surface area (Å²) in [6.07, 6.45) is 4.69. The fraction of sp³-hybridized carbons (Fsp3) is 0.769. The van der Waals surface area contributed by atoms with E-state index in [1.165, 1.54) is 0 Å². The fourth-order valence-electron chi connectivity index (χ4n) is 2.65. The molecule has 0 aliphatic carbocycles. The Balaban J connectivity index is 2.17. The zero-order valence-corrected chi connectivity index (χ0v) is 11.7. The lowest BCUT2D eigenvalue weighted by Gasteiger charge is -2.39. The molecule has 1 fully saturated rings. The van der Waals surface area contributed by atoms with Crippen molar-refractivity contribution in [1.82, 2.24) is 14.7 Å². The van der Waals surface area contributed by atoms with Gasteiger partial charge in [0.2, 0.25) is 0 Å². The van der Waals surface area contributed by atoms with E-state index in [2.05, 4.69) is 16.9 Å². The number of aliphatic hydroxyl groups is 1. The molecule has 1 saturated heterocycles. The second-order valence-corrected chi connectivity index (χ2v) is 5.13. The normalized spacial score (nSPS) is 24.3. The number of aliphatic hydroxyl groups excluding tert-OH is 1. The van der Waals surface area contributed by atoms with Crippen molar-refractivity contribution in [2.24, 2.45) is 12.8 Å². The van der Waals surface area contributed by atoms with E-state index in [4.69, 9.17) is 10.5 Å². The Labute approximate surface area is 114 Å². The third kappa shape index (κ3) is 3.33. The number of rotatable bonds is 5. The first-order valence-corrected chi connectivity index (χ1v) is 6.86. The predicted molar refractivity (Wildman–Crippen MR) is 72.6 cm³/mol. The molecule has 3 N–H and O–H groups in total. The van der Waals surface area contributed by atoms with E-state index in [1.54, 1.807) is 4.68 Å². The van der Waals surface area contributed by atoms with Crippen LogP contribution >= 0.6 is 0 Å². The number of nitrogens with zero attached hydrogens (tertiary/aromatic N) is 3. The van der Waals surface area contributed by atoms with Gasteiger partial charge in [-0.2, -0.15) is 5.10 Å². The molecule has 1 aromatic heterocycles. The summed E-state index contributed by atoms with van der Waals surface area (Å²) in [5, 5.41) is 13.5. The van der Waals surface area contributed by atoms with E-state index in [1.807, 2.05) is 19.4 Å². The summed E-state index contributed by atoms with van der Waals surface area (Å²) < 4.78 is 7.31. The number of hydrogen-bond acceptors (Lipinski definition) is 5. The second-order valence-electron chi connectivity index (χ2n) is 5.13. The Bertz CT molecular complexity index is 396. The first kappa shape index (κ1) is 14.5. The van der Waals surface area contributed by atoms with Crippen molar-refractivity contribution in [2.45, 2.75) is 31.5 Å². The zero-order chi connectivity index (χ0) is 13.8. The van der Waals surface area contributed by atoms with Crippen LogP contribution in [-0.2, 0) is 11.8 Å². The maximum atomic E-state index is 9.26. The van der Waals surface area contributed by atoms with Crippen LogP contribution in [0.2, 0.25) is 0 Å². The van der Waals surface area contributed by atoms with Crippen molar-refractivity contribution in [2.75, 3.05) is 26.3 Å². The molecule has 1 aromatic rings. The lowest BCUT2D eigenvalue weighted by molar-refractivity contribution is -0.0682. The average Bonchev–Trinajstić information content (AvgIpc) is 2.85. The van der Waals surface area contributed by atoms with Crippen LogP contribution in [0.5, 0.6) is 0 Å². The molecule has 0 aromatic carbocycles. The van der Waals surface area contributed by atoms with Crippen LogP contribution in [0.3, 0.4) is 0 Å². The minimum atomic E-state index is -0.114. The molecule has 3 atom stereocenters. The number of aromatic nitrogens is 2. The lowest BCUT2D eigenvalue weighted by Crippen LogP contribution is -2.50. The Hall–Kier alpha value is -0.950. The molecule has 3 unspecified atom stereocenters. The quantitative estimate of drug-likeness (QED) is 0.779. The summed E-state index contributed by atoms with van der Waals surface area (Å²) in [5.74, 6) is 0. The van der Waals surface area contributed by atoms with Crippen LogP contribution in [0.25, 0.3) is 0 Å². The van der Waals surface area contributed by atoms with Crippen molar-refractivity contribution in [3.8, 4) is 0 Å². The van der Waals surface area contributed by atoms with E-state index in [-0.39, 0.29) is 24.8 Å². The molecular weight excluding hydrogens is 244 g/mol. The van der Waals surface area contributed by atoms with Crippen molar-refractivity contribution < 1.29 is 9.84 Å². The maximum absolute atomic E-state index is 9.26. The Morgan fingerprint density at radius 2 is 2.42 bits per heavy atom. The van der Waals surface area contributed by atoms with Gasteiger partial charge in [0.1, 0.15) is 0 Å². The van der Waals surface area contributed by atoms with Gasteiger partial charge in [0.15, 0.2) is 0 Å². The Morgan fingerprint density at radius 1 is 1.63 bits per heavy atom. The van der Waals surface area contributed by atoms with Gasteiger partial charge in [-0.1, -0.05) is 6.92 Å². The lowest BCUT2D eigenvalue weighted by atomic mass is 9.98. The molecule has 1 aliphatic rings. The van der Waals surface area contributed by atoms with Crippen LogP contribution in [0.15, 0.2) is 12.4 Å². The molecule has 2 rings (SSSR count). The fourth-order valence-corrected chi connectivity index (χ4v) is 2.65. The minimum absolute atomic E-state index is 0.0532. The van der Waals surface area contributed by atoms with Gasteiger partial charge in [0.25, 0.3) is 0 Å². The summed E-state index contributed by atoms with van der Waals surface area (Å²) in [6.45, 7) is 4.33. The van der Waals surface area contributed by atoms with Gasteiger partial charge in [-0.3, -0.25) is 9.58 Å². The molecular formula is C13H24N4O2. The van der Waals surface area contributed by atoms with Crippen LogP contribution in [0.4, 0.5) is 0 Å². The summed E-state index contributed by atoms with van der Waals surface area (Å²) in [5.41, 5.74) is 7.43. The maximum Gasteiger partial charge on any atom is 0.0933 e. The number of nitrogens with two attached hydrogens (primary N) is 1. The summed E-state index contributed by atoms with van der Waals surface area (Å²) in [4.78, 5) is 2.30. The molecule has 6 heteroatoms. The van der Waals surface area contributed by atoms with Gasteiger partial charge in [-0.15, -0.1) is 0 Å². The SMILES string of the molecule is CCC(N)C(c1cnn(C)c1)N1CCOC(CO)C1. The topological polar surface area (TPSA) is 76.5 Å². The van der Waals surface area contributed by atoms with Crippen molar-refractivity contribution in [3.05, 3.63) is 18.0 Å². The number of ether oxygens (including phenoxy) is 1. The first-order valence-electron chi connectivity index (χ1n) is 6.86. The summed E-state index contributed by atoms with van der Waals surface area (Å²) >= 11 is 0. The molecule has 19 heavy (non-hydrogen) atoms. The third-order valence-corrected chi connectivity index (χ3v) is 3.71. The van der Waals surface area contributed by atoms with Gasteiger partial charge in [0.05, 0.1) is 31.6 Å². The van der Waals surface area contributed by atoms with Gasteiger partial charge in [0, 0.05) is 37.9 Å². The highest BCUT2D eigenvalue weighted by molar-refractivity contribution is 5.14. The number of hydrogen-bond donors (Lipinski definition) is 2. The molecule has 0 saturated carbocycles. The number of morpholine rings is 1. The highest BCUT2D eigenvalue weighted by Gasteiger charge is 2.31. The molecule has 0 amide bonds. The van der Waals surface area contributed by atoms with Crippen LogP contribution < -0.4 is 5.73 Å². The average molecular weight is 268 g/mol. The van der Waals surface area contributed by atoms with E-state index in [0.29, 0.717) is 13.2 Å². The van der Waals surface area contributed by atoms with Crippen LogP contribution in [-0.4, -0.2) is 58.2 Å². The largest absolute Gasteiger partial charge is 0.394 e. The highest BCUT2D eigenvalue weighted by Crippen LogP contribution is 2.26. The van der Waals surface area contributed by atoms with Crippen molar-refractivity contribution >= 4 is 0 Å². The molecule has 0 radical (unpaired) electrons. The summed E-state index contributed by atoms with van der Waals surface area (Å²) in [7, 11) is 1.91. The van der Waals surface area contributed by atoms with E-state index in [9.17, 15) is 5.11 Å². The highest BCUT2D eigenvalue weighted by atomic mass is 16.5. The van der Waals surface area contributed by atoms with Crippen LogP contribution in [0, 0.1) is 0 Å². The molecule has 108 valence electrons. The van der Waals surface area contributed by atoms with Crippen molar-refractivity contribution in [1.29, 1.82) is 0 Å². The molecule has 1 aliphatic heterocycles. The first-order chi connectivity index (χ1) is 9.15. The predicted octanol–water partition coefficient (Wildman–Crippen LogP) is -0.108. The van der Waals surface area contributed by atoms with Crippen LogP contribution in [0.1, 0.15) is 24.9 Å². The van der Waals surface area contributed by atoms with Gasteiger partial charge in [-0.25, -0.2) is 0 Å². The molecule has 0 spiro atoms. The smallest absolute Gasteiger partial charge is 0.0933 e. The second kappa shape index (κ2) is 6.47. The Morgan fingerprint density at radius 3 is 3.00 bits per heavy atom. The van der Waals surface area contributed by atoms with E-state index in [0.717, 1.165) is 18.5 Å². The zero-order valence-electron chi connectivity index (χ0n) is 11.7. The molecule has 2 heterocycles. The minimum Gasteiger partial charge on any atom is -0.394 e. The molecule has 0 bridgehead atoms. The van der Waals surface area contributed by atoms with E-state index >= 15 is 0 Å². The Kier molecular flexibility index (Phi) is 4.93. The molecule has 6 nitrogen and oxygen atoms in total.